The summed E-state index contributed by atoms with van der Waals surface area (Å²) in [5, 5.41) is 0. The highest BCUT2D eigenvalue weighted by molar-refractivity contribution is 5.58. The van der Waals surface area contributed by atoms with Crippen molar-refractivity contribution in [3.05, 3.63) is 60.6 Å². The third-order valence-electron chi connectivity index (χ3n) is 5.23. The summed E-state index contributed by atoms with van der Waals surface area (Å²) in [5.74, 6) is 3.19. The van der Waals surface area contributed by atoms with Gasteiger partial charge in [0.15, 0.2) is 5.69 Å². The van der Waals surface area contributed by atoms with Crippen LogP contribution in [-0.4, -0.2) is 18.3 Å². The molecule has 2 aromatic carbocycles. The molecule has 0 spiro atoms. The zero-order valence-electron chi connectivity index (χ0n) is 16.1. The molecule has 27 heavy (non-hydrogen) atoms. The Morgan fingerprint density at radius 1 is 0.926 bits per heavy atom. The van der Waals surface area contributed by atoms with Crippen LogP contribution in [-0.2, 0) is 13.0 Å². The summed E-state index contributed by atoms with van der Waals surface area (Å²) in [7, 11) is 1.71. The average molecular weight is 363 g/mol. The number of hydrogen-bond acceptors (Lipinski definition) is 2. The van der Waals surface area contributed by atoms with Crippen LogP contribution in [0, 0.1) is 0 Å². The molecule has 4 heteroatoms. The summed E-state index contributed by atoms with van der Waals surface area (Å²) >= 11 is 0. The summed E-state index contributed by atoms with van der Waals surface area (Å²) in [6.07, 6.45) is 7.13. The Hall–Kier alpha value is -2.75. The Morgan fingerprint density at radius 2 is 1.67 bits per heavy atom. The van der Waals surface area contributed by atoms with E-state index in [9.17, 15) is 0 Å². The van der Waals surface area contributed by atoms with Crippen LogP contribution >= 0.6 is 0 Å². The second-order valence-corrected chi connectivity index (χ2v) is 6.92. The first-order chi connectivity index (χ1) is 13.3. The van der Waals surface area contributed by atoms with Crippen LogP contribution in [0.15, 0.2) is 54.7 Å². The smallest absolute Gasteiger partial charge is 0.262 e. The van der Waals surface area contributed by atoms with E-state index in [1.165, 1.54) is 42.0 Å². The van der Waals surface area contributed by atoms with Crippen molar-refractivity contribution in [1.29, 1.82) is 0 Å². The number of fused-ring (bicyclic) bond motifs is 1. The number of hydrogen-bond donors (Lipinski definition) is 0. The van der Waals surface area contributed by atoms with Crippen LogP contribution in [0.25, 0.3) is 16.9 Å². The lowest BCUT2D eigenvalue weighted by molar-refractivity contribution is -0.692. The van der Waals surface area contributed by atoms with Gasteiger partial charge < -0.3 is 9.47 Å². The van der Waals surface area contributed by atoms with E-state index >= 15 is 0 Å². The number of imidazole rings is 1. The standard InChI is InChI=1S/C23H27N2O2/c1-3-27-21-14-10-19(11-15-21)25-17-22(18-8-12-20(26-2)13-9-18)24-16-6-4-5-7-23(24)25/h8-15,17H,3-7,16H2,1-2H3/q+1. The molecule has 4 nitrogen and oxygen atoms in total. The van der Waals surface area contributed by atoms with Crippen LogP contribution in [0.4, 0.5) is 0 Å². The Bertz CT molecular complexity index is 895. The summed E-state index contributed by atoms with van der Waals surface area (Å²) in [4.78, 5) is 0. The van der Waals surface area contributed by atoms with Gasteiger partial charge in [-0.15, -0.1) is 0 Å². The van der Waals surface area contributed by atoms with E-state index in [0.717, 1.165) is 24.5 Å². The van der Waals surface area contributed by atoms with Gasteiger partial charge in [-0.3, -0.25) is 0 Å². The highest BCUT2D eigenvalue weighted by Crippen LogP contribution is 2.26. The average Bonchev–Trinajstić information content (AvgIpc) is 2.90. The van der Waals surface area contributed by atoms with E-state index in [1.807, 2.05) is 19.1 Å². The van der Waals surface area contributed by atoms with Gasteiger partial charge in [-0.05, 0) is 74.7 Å². The molecule has 0 atom stereocenters. The molecule has 0 fully saturated rings. The third-order valence-corrected chi connectivity index (χ3v) is 5.23. The molecule has 4 rings (SSSR count). The van der Waals surface area contributed by atoms with Crippen molar-refractivity contribution in [3.63, 3.8) is 0 Å². The summed E-state index contributed by atoms with van der Waals surface area (Å²) in [6.45, 7) is 3.77. The van der Waals surface area contributed by atoms with E-state index in [1.54, 1.807) is 7.11 Å². The SMILES string of the molecule is CCOc1ccc(-n2cc(-c3ccc(OC)cc3)[n+]3c2CCCCC3)cc1. The van der Waals surface area contributed by atoms with Crippen molar-refractivity contribution in [2.24, 2.45) is 0 Å². The lowest BCUT2D eigenvalue weighted by Crippen LogP contribution is -2.38. The van der Waals surface area contributed by atoms with Gasteiger partial charge in [-0.25, -0.2) is 4.57 Å². The Labute approximate surface area is 161 Å². The number of ether oxygens (including phenoxy) is 2. The largest absolute Gasteiger partial charge is 0.497 e. The van der Waals surface area contributed by atoms with Crippen LogP contribution in [0.2, 0.25) is 0 Å². The quantitative estimate of drug-likeness (QED) is 0.621. The minimum Gasteiger partial charge on any atom is -0.497 e. The highest BCUT2D eigenvalue weighted by Gasteiger charge is 2.26. The van der Waals surface area contributed by atoms with Gasteiger partial charge in [0.2, 0.25) is 0 Å². The molecule has 1 aliphatic heterocycles. The van der Waals surface area contributed by atoms with Gasteiger partial charge in [0.25, 0.3) is 5.82 Å². The second kappa shape index (κ2) is 7.87. The normalized spacial score (nSPS) is 13.7. The highest BCUT2D eigenvalue weighted by atomic mass is 16.5. The van der Waals surface area contributed by atoms with Crippen molar-refractivity contribution in [2.75, 3.05) is 13.7 Å². The molecule has 0 N–H and O–H groups in total. The maximum atomic E-state index is 5.60. The molecular formula is C23H27N2O2+. The molecule has 1 aromatic heterocycles. The predicted molar refractivity (Wildman–Crippen MR) is 107 cm³/mol. The van der Waals surface area contributed by atoms with E-state index < -0.39 is 0 Å². The number of rotatable bonds is 5. The van der Waals surface area contributed by atoms with Crippen LogP contribution in [0.5, 0.6) is 11.5 Å². The molecule has 1 aliphatic rings. The zero-order chi connectivity index (χ0) is 18.6. The van der Waals surface area contributed by atoms with Crippen LogP contribution < -0.4 is 14.0 Å². The second-order valence-electron chi connectivity index (χ2n) is 6.92. The number of aromatic nitrogens is 2. The van der Waals surface area contributed by atoms with Gasteiger partial charge in [-0.2, -0.15) is 4.57 Å². The van der Waals surface area contributed by atoms with Crippen molar-refractivity contribution < 1.29 is 14.0 Å². The molecule has 0 unspecified atom stereocenters. The van der Waals surface area contributed by atoms with Gasteiger partial charge in [0, 0.05) is 12.0 Å². The maximum Gasteiger partial charge on any atom is 0.262 e. The Morgan fingerprint density at radius 3 is 2.37 bits per heavy atom. The minimum atomic E-state index is 0.690. The fraction of sp³-hybridized carbons (Fsp3) is 0.348. The molecule has 0 radical (unpaired) electrons. The topological polar surface area (TPSA) is 27.3 Å². The van der Waals surface area contributed by atoms with Gasteiger partial charge in [-0.1, -0.05) is 0 Å². The van der Waals surface area contributed by atoms with Crippen molar-refractivity contribution >= 4 is 0 Å². The first kappa shape index (κ1) is 17.7. The van der Waals surface area contributed by atoms with Crippen molar-refractivity contribution in [3.8, 4) is 28.4 Å². The summed E-state index contributed by atoms with van der Waals surface area (Å²) in [6, 6.07) is 16.8. The van der Waals surface area contributed by atoms with Gasteiger partial charge in [0.1, 0.15) is 23.4 Å². The summed E-state index contributed by atoms with van der Waals surface area (Å²) in [5.41, 5.74) is 3.68. The summed E-state index contributed by atoms with van der Waals surface area (Å²) < 4.78 is 15.8. The molecule has 0 saturated carbocycles. The number of benzene rings is 2. The van der Waals surface area contributed by atoms with Gasteiger partial charge in [0.05, 0.1) is 20.3 Å². The van der Waals surface area contributed by atoms with E-state index in [0.29, 0.717) is 6.61 Å². The Balaban J connectivity index is 1.78. The van der Waals surface area contributed by atoms with Gasteiger partial charge >= 0.3 is 0 Å². The number of methoxy groups -OCH3 is 1. The minimum absolute atomic E-state index is 0.690. The first-order valence-corrected chi connectivity index (χ1v) is 9.82. The monoisotopic (exact) mass is 363 g/mol. The van der Waals surface area contributed by atoms with Crippen molar-refractivity contribution in [1.82, 2.24) is 4.57 Å². The molecule has 0 bridgehead atoms. The molecule has 0 aliphatic carbocycles. The fourth-order valence-electron chi connectivity index (χ4n) is 3.86. The molecule has 0 amide bonds. The van der Waals surface area contributed by atoms with Crippen LogP contribution in [0.1, 0.15) is 32.0 Å². The third kappa shape index (κ3) is 3.57. The predicted octanol–water partition coefficient (Wildman–Crippen LogP) is 4.57. The van der Waals surface area contributed by atoms with Crippen molar-refractivity contribution in [2.45, 2.75) is 39.2 Å². The molecule has 2 heterocycles. The van der Waals surface area contributed by atoms with E-state index in [-0.39, 0.29) is 0 Å². The van der Waals surface area contributed by atoms with E-state index in [2.05, 4.69) is 51.7 Å². The Kier molecular flexibility index (Phi) is 5.14. The lowest BCUT2D eigenvalue weighted by atomic mass is 10.1. The zero-order valence-corrected chi connectivity index (χ0v) is 16.1. The first-order valence-electron chi connectivity index (χ1n) is 9.82. The number of nitrogens with zero attached hydrogens (tertiary/aromatic N) is 2. The lowest BCUT2D eigenvalue weighted by Gasteiger charge is -2.05. The molecular weight excluding hydrogens is 336 g/mol. The fourth-order valence-corrected chi connectivity index (χ4v) is 3.86. The molecule has 0 saturated heterocycles. The van der Waals surface area contributed by atoms with E-state index in [4.69, 9.17) is 9.47 Å². The van der Waals surface area contributed by atoms with Crippen LogP contribution in [0.3, 0.4) is 0 Å². The maximum absolute atomic E-state index is 5.60. The molecule has 3 aromatic rings. The molecule has 140 valence electrons.